The molecule has 17 heavy (non-hydrogen) atoms. The van der Waals surface area contributed by atoms with Crippen molar-refractivity contribution in [1.29, 1.82) is 0 Å². The van der Waals surface area contributed by atoms with Crippen LogP contribution in [0.4, 0.5) is 0 Å². The highest BCUT2D eigenvalue weighted by atomic mass is 16.5. The Hall–Kier alpha value is -1.06. The van der Waals surface area contributed by atoms with Crippen LogP contribution in [0.1, 0.15) is 36.4 Å². The van der Waals surface area contributed by atoms with E-state index in [1.807, 2.05) is 19.1 Å². The van der Waals surface area contributed by atoms with Crippen LogP contribution in [0.2, 0.25) is 0 Å². The van der Waals surface area contributed by atoms with Gasteiger partial charge in [-0.2, -0.15) is 0 Å². The first-order valence-electron chi connectivity index (χ1n) is 6.14. The highest BCUT2D eigenvalue weighted by Gasteiger charge is 2.42. The largest absolute Gasteiger partial charge is 0.496 e. The van der Waals surface area contributed by atoms with Crippen LogP contribution in [0.25, 0.3) is 0 Å². The maximum atomic E-state index is 9.53. The predicted octanol–water partition coefficient (Wildman–Crippen LogP) is 2.17. The molecular weight excluding hydrogens is 214 g/mol. The third-order valence-electron chi connectivity index (χ3n) is 4.10. The third-order valence-corrected chi connectivity index (χ3v) is 4.10. The summed E-state index contributed by atoms with van der Waals surface area (Å²) < 4.78 is 5.24. The van der Waals surface area contributed by atoms with E-state index in [4.69, 9.17) is 10.5 Å². The van der Waals surface area contributed by atoms with Crippen molar-refractivity contribution in [2.45, 2.75) is 32.2 Å². The molecule has 1 atom stereocenters. The van der Waals surface area contributed by atoms with E-state index in [1.54, 1.807) is 7.11 Å². The van der Waals surface area contributed by atoms with Gasteiger partial charge in [0, 0.05) is 11.5 Å². The summed E-state index contributed by atoms with van der Waals surface area (Å²) in [6.45, 7) is 2.20. The van der Waals surface area contributed by atoms with E-state index in [0.717, 1.165) is 29.7 Å². The van der Waals surface area contributed by atoms with Crippen molar-refractivity contribution in [2.75, 3.05) is 13.7 Å². The highest BCUT2D eigenvalue weighted by molar-refractivity contribution is 5.38. The third kappa shape index (κ3) is 2.05. The SMILES string of the molecule is COc1ccc(C(N)C2(CO)CCC2)cc1C. The second-order valence-corrected chi connectivity index (χ2v) is 5.08. The summed E-state index contributed by atoms with van der Waals surface area (Å²) in [5, 5.41) is 9.53. The van der Waals surface area contributed by atoms with Crippen LogP contribution in [-0.4, -0.2) is 18.8 Å². The lowest BCUT2D eigenvalue weighted by Crippen LogP contribution is -2.43. The number of rotatable bonds is 4. The second kappa shape index (κ2) is 4.67. The number of aliphatic hydroxyl groups excluding tert-OH is 1. The average Bonchev–Trinajstić information content (AvgIpc) is 2.28. The molecule has 1 unspecified atom stereocenters. The predicted molar refractivity (Wildman–Crippen MR) is 68.0 cm³/mol. The minimum Gasteiger partial charge on any atom is -0.496 e. The molecule has 0 radical (unpaired) electrons. The summed E-state index contributed by atoms with van der Waals surface area (Å²) in [5.74, 6) is 0.882. The Morgan fingerprint density at radius 3 is 2.59 bits per heavy atom. The van der Waals surface area contributed by atoms with Crippen LogP contribution in [0.15, 0.2) is 18.2 Å². The van der Waals surface area contributed by atoms with E-state index in [1.165, 1.54) is 6.42 Å². The van der Waals surface area contributed by atoms with Crippen molar-refractivity contribution >= 4 is 0 Å². The van der Waals surface area contributed by atoms with Gasteiger partial charge in [-0.25, -0.2) is 0 Å². The lowest BCUT2D eigenvalue weighted by atomic mass is 9.63. The lowest BCUT2D eigenvalue weighted by molar-refractivity contribution is 0.0184. The molecule has 3 heteroatoms. The van der Waals surface area contributed by atoms with Crippen molar-refractivity contribution in [3.05, 3.63) is 29.3 Å². The van der Waals surface area contributed by atoms with Gasteiger partial charge in [0.25, 0.3) is 0 Å². The van der Waals surface area contributed by atoms with Gasteiger partial charge in [0.2, 0.25) is 0 Å². The molecule has 1 aliphatic rings. The molecule has 0 aliphatic heterocycles. The van der Waals surface area contributed by atoms with E-state index < -0.39 is 0 Å². The zero-order valence-electron chi connectivity index (χ0n) is 10.6. The van der Waals surface area contributed by atoms with E-state index in [0.29, 0.717) is 0 Å². The molecule has 2 rings (SSSR count). The molecule has 0 aromatic heterocycles. The van der Waals surface area contributed by atoms with Gasteiger partial charge in [-0.1, -0.05) is 18.6 Å². The van der Waals surface area contributed by atoms with Gasteiger partial charge in [-0.3, -0.25) is 0 Å². The van der Waals surface area contributed by atoms with Gasteiger partial charge in [0.1, 0.15) is 5.75 Å². The molecule has 1 fully saturated rings. The number of nitrogens with two attached hydrogens (primary N) is 1. The van der Waals surface area contributed by atoms with Gasteiger partial charge in [-0.15, -0.1) is 0 Å². The normalized spacial score (nSPS) is 19.5. The number of methoxy groups -OCH3 is 1. The van der Waals surface area contributed by atoms with E-state index in [9.17, 15) is 5.11 Å². The number of benzene rings is 1. The van der Waals surface area contributed by atoms with Crippen LogP contribution in [0, 0.1) is 12.3 Å². The first-order valence-corrected chi connectivity index (χ1v) is 6.14. The van der Waals surface area contributed by atoms with Crippen molar-refractivity contribution in [2.24, 2.45) is 11.1 Å². The van der Waals surface area contributed by atoms with Crippen LogP contribution in [-0.2, 0) is 0 Å². The van der Waals surface area contributed by atoms with Gasteiger partial charge in [0.05, 0.1) is 13.7 Å². The van der Waals surface area contributed by atoms with Crippen molar-refractivity contribution in [1.82, 2.24) is 0 Å². The number of ether oxygens (including phenoxy) is 1. The summed E-state index contributed by atoms with van der Waals surface area (Å²) in [6.07, 6.45) is 3.22. The Morgan fingerprint density at radius 1 is 1.47 bits per heavy atom. The van der Waals surface area contributed by atoms with Crippen molar-refractivity contribution in [3.8, 4) is 5.75 Å². The van der Waals surface area contributed by atoms with Gasteiger partial charge in [0.15, 0.2) is 0 Å². The maximum Gasteiger partial charge on any atom is 0.121 e. The Balaban J connectivity index is 2.25. The summed E-state index contributed by atoms with van der Waals surface area (Å²) in [4.78, 5) is 0. The fraction of sp³-hybridized carbons (Fsp3) is 0.571. The van der Waals surface area contributed by atoms with Crippen LogP contribution in [0.3, 0.4) is 0 Å². The standard InChI is InChI=1S/C14H21NO2/c1-10-8-11(4-5-12(10)17-2)13(15)14(9-16)6-3-7-14/h4-5,8,13,16H,3,6-7,9,15H2,1-2H3. The molecule has 3 nitrogen and oxygen atoms in total. The molecule has 1 aliphatic carbocycles. The summed E-state index contributed by atoms with van der Waals surface area (Å²) in [5.41, 5.74) is 8.39. The zero-order valence-corrected chi connectivity index (χ0v) is 10.6. The quantitative estimate of drug-likeness (QED) is 0.841. The first kappa shape index (κ1) is 12.4. The Kier molecular flexibility index (Phi) is 3.40. The highest BCUT2D eigenvalue weighted by Crippen LogP contribution is 2.48. The second-order valence-electron chi connectivity index (χ2n) is 5.08. The Labute approximate surface area is 103 Å². The van der Waals surface area contributed by atoms with Gasteiger partial charge in [-0.05, 0) is 37.0 Å². The molecular formula is C14H21NO2. The Bertz CT molecular complexity index is 394. The molecule has 1 aromatic rings. The van der Waals surface area contributed by atoms with E-state index in [-0.39, 0.29) is 18.1 Å². The molecule has 0 bridgehead atoms. The minimum absolute atomic E-state index is 0.0779. The molecule has 0 amide bonds. The van der Waals surface area contributed by atoms with E-state index in [2.05, 4.69) is 6.07 Å². The molecule has 0 saturated heterocycles. The maximum absolute atomic E-state index is 9.53. The molecule has 1 saturated carbocycles. The van der Waals surface area contributed by atoms with E-state index >= 15 is 0 Å². The average molecular weight is 235 g/mol. The summed E-state index contributed by atoms with van der Waals surface area (Å²) in [6, 6.07) is 5.95. The van der Waals surface area contributed by atoms with Crippen LogP contribution < -0.4 is 10.5 Å². The molecule has 0 heterocycles. The monoisotopic (exact) mass is 235 g/mol. The smallest absolute Gasteiger partial charge is 0.121 e. The molecule has 1 aromatic carbocycles. The van der Waals surface area contributed by atoms with Gasteiger partial charge < -0.3 is 15.6 Å². The lowest BCUT2D eigenvalue weighted by Gasteiger charge is -2.45. The molecule has 3 N–H and O–H groups in total. The van der Waals surface area contributed by atoms with Gasteiger partial charge >= 0.3 is 0 Å². The number of aryl methyl sites for hydroxylation is 1. The molecule has 0 spiro atoms. The zero-order chi connectivity index (χ0) is 12.5. The fourth-order valence-electron chi connectivity index (χ4n) is 2.65. The number of hydrogen-bond acceptors (Lipinski definition) is 3. The van der Waals surface area contributed by atoms with Crippen molar-refractivity contribution in [3.63, 3.8) is 0 Å². The number of hydrogen-bond donors (Lipinski definition) is 2. The summed E-state index contributed by atoms with van der Waals surface area (Å²) in [7, 11) is 1.67. The topological polar surface area (TPSA) is 55.5 Å². The molecule has 94 valence electrons. The summed E-state index contributed by atoms with van der Waals surface area (Å²) >= 11 is 0. The van der Waals surface area contributed by atoms with Crippen molar-refractivity contribution < 1.29 is 9.84 Å². The van der Waals surface area contributed by atoms with Crippen LogP contribution in [0.5, 0.6) is 5.75 Å². The fourth-order valence-corrected chi connectivity index (χ4v) is 2.65. The van der Waals surface area contributed by atoms with Crippen LogP contribution >= 0.6 is 0 Å². The first-order chi connectivity index (χ1) is 8.13. The number of aliphatic hydroxyl groups is 1. The minimum atomic E-state index is -0.0962. The Morgan fingerprint density at radius 2 is 2.18 bits per heavy atom.